The Morgan fingerprint density at radius 3 is 2.35 bits per heavy atom. The maximum atomic E-state index is 5.93. The van der Waals surface area contributed by atoms with Crippen LogP contribution in [-0.4, -0.2) is 24.5 Å². The summed E-state index contributed by atoms with van der Waals surface area (Å²) in [5.41, 5.74) is 15.8. The SMILES string of the molecule is CCCN(CCc1ccc(N)c(N)c1)CCc1cccc2ccccc12. The van der Waals surface area contributed by atoms with Crippen molar-refractivity contribution in [3.63, 3.8) is 0 Å². The van der Waals surface area contributed by atoms with Gasteiger partial charge in [-0.05, 0) is 59.8 Å². The molecule has 0 aromatic heterocycles. The standard InChI is InChI=1S/C23H29N3/c1-2-14-26(15-12-18-10-11-22(24)23(25)17-18)16-13-20-8-5-7-19-6-3-4-9-21(19)20/h3-11,17H,2,12-16,24-25H2,1H3. The Hall–Kier alpha value is -2.52. The summed E-state index contributed by atoms with van der Waals surface area (Å²) < 4.78 is 0. The maximum Gasteiger partial charge on any atom is 0.0550 e. The lowest BCUT2D eigenvalue weighted by Gasteiger charge is -2.22. The molecular formula is C23H29N3. The van der Waals surface area contributed by atoms with E-state index in [4.69, 9.17) is 11.5 Å². The molecule has 0 atom stereocenters. The number of benzene rings is 3. The molecule has 4 N–H and O–H groups in total. The van der Waals surface area contributed by atoms with Gasteiger partial charge in [0.2, 0.25) is 0 Å². The van der Waals surface area contributed by atoms with E-state index in [0.717, 1.165) is 32.5 Å². The van der Waals surface area contributed by atoms with E-state index >= 15 is 0 Å². The van der Waals surface area contributed by atoms with Crippen molar-refractivity contribution in [2.45, 2.75) is 26.2 Å². The molecule has 0 fully saturated rings. The van der Waals surface area contributed by atoms with Gasteiger partial charge in [-0.25, -0.2) is 0 Å². The number of hydrogen-bond donors (Lipinski definition) is 2. The first-order chi connectivity index (χ1) is 12.7. The molecule has 3 rings (SSSR count). The van der Waals surface area contributed by atoms with Crippen LogP contribution in [0.15, 0.2) is 60.7 Å². The molecule has 0 amide bonds. The predicted octanol–water partition coefficient (Wildman–Crippen LogP) is 4.50. The molecule has 0 aliphatic heterocycles. The van der Waals surface area contributed by atoms with Gasteiger partial charge >= 0.3 is 0 Å². The van der Waals surface area contributed by atoms with Gasteiger partial charge in [0.25, 0.3) is 0 Å². The van der Waals surface area contributed by atoms with Crippen LogP contribution in [0.1, 0.15) is 24.5 Å². The van der Waals surface area contributed by atoms with Crippen molar-refractivity contribution in [1.29, 1.82) is 0 Å². The lowest BCUT2D eigenvalue weighted by Crippen LogP contribution is -2.29. The quantitative estimate of drug-likeness (QED) is 0.590. The fourth-order valence-corrected chi connectivity index (χ4v) is 3.51. The van der Waals surface area contributed by atoms with Gasteiger partial charge < -0.3 is 16.4 Å². The first-order valence-corrected chi connectivity index (χ1v) is 9.50. The van der Waals surface area contributed by atoms with Crippen LogP contribution in [0.3, 0.4) is 0 Å². The van der Waals surface area contributed by atoms with Crippen LogP contribution >= 0.6 is 0 Å². The molecule has 3 aromatic rings. The molecule has 0 unspecified atom stereocenters. The van der Waals surface area contributed by atoms with Gasteiger partial charge in [0.15, 0.2) is 0 Å². The maximum absolute atomic E-state index is 5.93. The van der Waals surface area contributed by atoms with Crippen molar-refractivity contribution in [1.82, 2.24) is 4.90 Å². The van der Waals surface area contributed by atoms with Crippen LogP contribution in [0, 0.1) is 0 Å². The van der Waals surface area contributed by atoms with Crippen LogP contribution in [0.25, 0.3) is 10.8 Å². The highest BCUT2D eigenvalue weighted by atomic mass is 15.1. The van der Waals surface area contributed by atoms with Crippen LogP contribution in [-0.2, 0) is 12.8 Å². The third kappa shape index (κ3) is 4.55. The Morgan fingerprint density at radius 1 is 0.769 bits per heavy atom. The summed E-state index contributed by atoms with van der Waals surface area (Å²) >= 11 is 0. The van der Waals surface area contributed by atoms with Crippen LogP contribution in [0.4, 0.5) is 11.4 Å². The third-order valence-corrected chi connectivity index (χ3v) is 4.99. The van der Waals surface area contributed by atoms with Crippen molar-refractivity contribution in [2.75, 3.05) is 31.1 Å². The predicted molar refractivity (Wildman–Crippen MR) is 113 cm³/mol. The number of rotatable bonds is 8. The summed E-state index contributed by atoms with van der Waals surface area (Å²) in [4.78, 5) is 2.55. The summed E-state index contributed by atoms with van der Waals surface area (Å²) in [7, 11) is 0. The molecule has 0 saturated carbocycles. The fourth-order valence-electron chi connectivity index (χ4n) is 3.51. The monoisotopic (exact) mass is 347 g/mol. The molecule has 3 nitrogen and oxygen atoms in total. The van der Waals surface area contributed by atoms with E-state index in [9.17, 15) is 0 Å². The Kier molecular flexibility index (Phi) is 6.13. The summed E-state index contributed by atoms with van der Waals surface area (Å²) in [5.74, 6) is 0. The average Bonchev–Trinajstić information content (AvgIpc) is 2.66. The number of nitrogens with zero attached hydrogens (tertiary/aromatic N) is 1. The highest BCUT2D eigenvalue weighted by Crippen LogP contribution is 2.20. The minimum Gasteiger partial charge on any atom is -0.397 e. The van der Waals surface area contributed by atoms with E-state index in [-0.39, 0.29) is 0 Å². The largest absolute Gasteiger partial charge is 0.397 e. The molecule has 3 aromatic carbocycles. The number of hydrogen-bond acceptors (Lipinski definition) is 3. The summed E-state index contributed by atoms with van der Waals surface area (Å²) in [6.07, 6.45) is 3.24. The molecule has 0 saturated heterocycles. The van der Waals surface area contributed by atoms with Gasteiger partial charge in [0, 0.05) is 13.1 Å². The zero-order valence-corrected chi connectivity index (χ0v) is 15.6. The van der Waals surface area contributed by atoms with Crippen molar-refractivity contribution < 1.29 is 0 Å². The van der Waals surface area contributed by atoms with Crippen LogP contribution in [0.2, 0.25) is 0 Å². The second-order valence-corrected chi connectivity index (χ2v) is 6.94. The normalized spacial score (nSPS) is 11.3. The lowest BCUT2D eigenvalue weighted by atomic mass is 10.0. The van der Waals surface area contributed by atoms with Gasteiger partial charge in [-0.2, -0.15) is 0 Å². The van der Waals surface area contributed by atoms with Crippen LogP contribution < -0.4 is 11.5 Å². The average molecular weight is 348 g/mol. The molecular weight excluding hydrogens is 318 g/mol. The number of nitrogen functional groups attached to an aromatic ring is 2. The van der Waals surface area contributed by atoms with E-state index in [1.807, 2.05) is 12.1 Å². The van der Waals surface area contributed by atoms with Gasteiger partial charge in [-0.15, -0.1) is 0 Å². The Bertz CT molecular complexity index is 852. The number of anilines is 2. The molecule has 136 valence electrons. The fraction of sp³-hybridized carbons (Fsp3) is 0.304. The van der Waals surface area contributed by atoms with E-state index in [0.29, 0.717) is 11.4 Å². The molecule has 0 aliphatic rings. The highest BCUT2D eigenvalue weighted by molar-refractivity contribution is 5.85. The minimum atomic E-state index is 0.662. The Balaban J connectivity index is 1.63. The zero-order chi connectivity index (χ0) is 18.4. The zero-order valence-electron chi connectivity index (χ0n) is 15.6. The van der Waals surface area contributed by atoms with Gasteiger partial charge in [-0.3, -0.25) is 0 Å². The van der Waals surface area contributed by atoms with Gasteiger partial charge in [0.05, 0.1) is 11.4 Å². The highest BCUT2D eigenvalue weighted by Gasteiger charge is 2.07. The number of nitrogens with two attached hydrogens (primary N) is 2. The van der Waals surface area contributed by atoms with Crippen molar-refractivity contribution in [3.05, 3.63) is 71.8 Å². The van der Waals surface area contributed by atoms with Crippen molar-refractivity contribution >= 4 is 22.1 Å². The molecule has 0 bridgehead atoms. The van der Waals surface area contributed by atoms with E-state index in [1.165, 1.54) is 28.3 Å². The van der Waals surface area contributed by atoms with E-state index < -0.39 is 0 Å². The minimum absolute atomic E-state index is 0.662. The molecule has 0 aliphatic carbocycles. The van der Waals surface area contributed by atoms with E-state index in [1.54, 1.807) is 0 Å². The summed E-state index contributed by atoms with van der Waals surface area (Å²) in [5, 5.41) is 2.70. The first-order valence-electron chi connectivity index (χ1n) is 9.50. The summed E-state index contributed by atoms with van der Waals surface area (Å²) in [6.45, 7) is 5.48. The van der Waals surface area contributed by atoms with E-state index in [2.05, 4.69) is 60.4 Å². The van der Waals surface area contributed by atoms with Gasteiger partial charge in [0.1, 0.15) is 0 Å². The molecule has 0 radical (unpaired) electrons. The second kappa shape index (κ2) is 8.72. The second-order valence-electron chi connectivity index (χ2n) is 6.94. The smallest absolute Gasteiger partial charge is 0.0550 e. The topological polar surface area (TPSA) is 55.3 Å². The lowest BCUT2D eigenvalue weighted by molar-refractivity contribution is 0.281. The van der Waals surface area contributed by atoms with Crippen LogP contribution in [0.5, 0.6) is 0 Å². The Labute approximate surface area is 156 Å². The first kappa shape index (κ1) is 18.3. The molecule has 3 heteroatoms. The Morgan fingerprint density at radius 2 is 1.54 bits per heavy atom. The molecule has 0 heterocycles. The van der Waals surface area contributed by atoms with Gasteiger partial charge in [-0.1, -0.05) is 55.5 Å². The summed E-state index contributed by atoms with van der Waals surface area (Å²) in [6, 6.07) is 21.3. The third-order valence-electron chi connectivity index (χ3n) is 4.99. The number of fused-ring (bicyclic) bond motifs is 1. The molecule has 26 heavy (non-hydrogen) atoms. The van der Waals surface area contributed by atoms with Crippen molar-refractivity contribution in [2.24, 2.45) is 0 Å². The molecule has 0 spiro atoms. The van der Waals surface area contributed by atoms with Crippen molar-refractivity contribution in [3.8, 4) is 0 Å².